The summed E-state index contributed by atoms with van der Waals surface area (Å²) in [4.78, 5) is 2.46. The van der Waals surface area contributed by atoms with Gasteiger partial charge >= 0.3 is 0 Å². The molecule has 18 heavy (non-hydrogen) atoms. The van der Waals surface area contributed by atoms with Gasteiger partial charge in [0.05, 0.1) is 0 Å². The molecule has 0 aromatic heterocycles. The fraction of sp³-hybridized carbons (Fsp3) is 0.571. The second-order valence-corrected chi connectivity index (χ2v) is 4.71. The van der Waals surface area contributed by atoms with Crippen LogP contribution >= 0.6 is 12.4 Å². The van der Waals surface area contributed by atoms with Crippen molar-refractivity contribution in [1.29, 1.82) is 0 Å². The van der Waals surface area contributed by atoms with Gasteiger partial charge < -0.3 is 5.32 Å². The molecule has 0 amide bonds. The van der Waals surface area contributed by atoms with E-state index in [2.05, 4.69) is 24.1 Å². The maximum absolute atomic E-state index is 13.4. The highest BCUT2D eigenvalue weighted by molar-refractivity contribution is 5.85. The van der Waals surface area contributed by atoms with Gasteiger partial charge in [0.2, 0.25) is 0 Å². The molecule has 1 heterocycles. The van der Waals surface area contributed by atoms with Crippen LogP contribution in [0.4, 0.5) is 4.39 Å². The molecule has 4 heteroatoms. The summed E-state index contributed by atoms with van der Waals surface area (Å²) >= 11 is 0. The van der Waals surface area contributed by atoms with Crippen LogP contribution in [-0.2, 0) is 0 Å². The zero-order valence-electron chi connectivity index (χ0n) is 11.1. The standard InChI is InChI=1S/C14H21FN2.ClH/c1-3-14(17-8-6-16-7-9-17)13-10-12(15)5-4-11(13)2;/h4-5,10,14,16H,3,6-9H2,1-2H3;1H/t14-;/m0./s1. The van der Waals surface area contributed by atoms with Gasteiger partial charge in [-0.2, -0.15) is 0 Å². The maximum atomic E-state index is 13.4. The molecular weight excluding hydrogens is 251 g/mol. The lowest BCUT2D eigenvalue weighted by atomic mass is 9.97. The zero-order valence-corrected chi connectivity index (χ0v) is 11.9. The lowest BCUT2D eigenvalue weighted by molar-refractivity contribution is 0.168. The third kappa shape index (κ3) is 3.44. The molecule has 1 fully saturated rings. The van der Waals surface area contributed by atoms with Crippen LogP contribution in [0.15, 0.2) is 18.2 Å². The smallest absolute Gasteiger partial charge is 0.123 e. The first-order valence-electron chi connectivity index (χ1n) is 6.43. The molecule has 102 valence electrons. The molecule has 1 aliphatic rings. The molecule has 1 saturated heterocycles. The van der Waals surface area contributed by atoms with Gasteiger partial charge in [0.25, 0.3) is 0 Å². The van der Waals surface area contributed by atoms with Gasteiger partial charge in [0.15, 0.2) is 0 Å². The van der Waals surface area contributed by atoms with E-state index in [4.69, 9.17) is 0 Å². The highest BCUT2D eigenvalue weighted by Crippen LogP contribution is 2.27. The van der Waals surface area contributed by atoms with Crippen molar-refractivity contribution in [2.45, 2.75) is 26.3 Å². The fourth-order valence-electron chi connectivity index (χ4n) is 2.64. The first-order chi connectivity index (χ1) is 8.22. The summed E-state index contributed by atoms with van der Waals surface area (Å²) in [7, 11) is 0. The number of piperazine rings is 1. The average Bonchev–Trinajstić information content (AvgIpc) is 2.36. The monoisotopic (exact) mass is 272 g/mol. The summed E-state index contributed by atoms with van der Waals surface area (Å²) in [5.74, 6) is -0.126. The van der Waals surface area contributed by atoms with E-state index >= 15 is 0 Å². The molecule has 1 aliphatic heterocycles. The Labute approximate surface area is 115 Å². The molecule has 0 aliphatic carbocycles. The quantitative estimate of drug-likeness (QED) is 0.910. The summed E-state index contributed by atoms with van der Waals surface area (Å²) in [5.41, 5.74) is 2.34. The molecular formula is C14H22ClFN2. The van der Waals surface area contributed by atoms with E-state index in [0.29, 0.717) is 6.04 Å². The molecule has 0 saturated carbocycles. The Balaban J connectivity index is 0.00000162. The number of aryl methyl sites for hydroxylation is 1. The van der Waals surface area contributed by atoms with Crippen molar-refractivity contribution in [2.75, 3.05) is 26.2 Å². The van der Waals surface area contributed by atoms with Crippen LogP contribution in [0.25, 0.3) is 0 Å². The number of benzene rings is 1. The maximum Gasteiger partial charge on any atom is 0.123 e. The molecule has 0 unspecified atom stereocenters. The highest BCUT2D eigenvalue weighted by atomic mass is 35.5. The number of nitrogens with zero attached hydrogens (tertiary/aromatic N) is 1. The third-order valence-electron chi connectivity index (χ3n) is 3.58. The van der Waals surface area contributed by atoms with E-state index in [1.807, 2.05) is 6.07 Å². The summed E-state index contributed by atoms with van der Waals surface area (Å²) in [6, 6.07) is 5.48. The first kappa shape index (κ1) is 15.4. The number of hydrogen-bond donors (Lipinski definition) is 1. The van der Waals surface area contributed by atoms with Crippen LogP contribution in [0.2, 0.25) is 0 Å². The van der Waals surface area contributed by atoms with Gasteiger partial charge in [0.1, 0.15) is 5.82 Å². The Kier molecular flexibility index (Phi) is 6.06. The van der Waals surface area contributed by atoms with Crippen LogP contribution in [0.1, 0.15) is 30.5 Å². The van der Waals surface area contributed by atoms with Gasteiger partial charge in [0, 0.05) is 32.2 Å². The van der Waals surface area contributed by atoms with E-state index in [0.717, 1.165) is 38.2 Å². The van der Waals surface area contributed by atoms with Crippen molar-refractivity contribution in [3.63, 3.8) is 0 Å². The molecule has 1 aromatic carbocycles. The van der Waals surface area contributed by atoms with E-state index in [-0.39, 0.29) is 18.2 Å². The van der Waals surface area contributed by atoms with Crippen LogP contribution in [0.3, 0.4) is 0 Å². The predicted molar refractivity (Wildman–Crippen MR) is 75.9 cm³/mol. The van der Waals surface area contributed by atoms with Gasteiger partial charge in [-0.3, -0.25) is 4.90 Å². The Morgan fingerprint density at radius 2 is 2.00 bits per heavy atom. The number of halogens is 2. The van der Waals surface area contributed by atoms with Crippen molar-refractivity contribution in [1.82, 2.24) is 10.2 Å². The van der Waals surface area contributed by atoms with Crippen LogP contribution < -0.4 is 5.32 Å². The van der Waals surface area contributed by atoms with Crippen LogP contribution in [0.5, 0.6) is 0 Å². The van der Waals surface area contributed by atoms with Crippen LogP contribution in [0, 0.1) is 12.7 Å². The number of rotatable bonds is 3. The minimum Gasteiger partial charge on any atom is -0.314 e. The highest BCUT2D eigenvalue weighted by Gasteiger charge is 2.22. The topological polar surface area (TPSA) is 15.3 Å². The lowest BCUT2D eigenvalue weighted by Gasteiger charge is -2.35. The summed E-state index contributed by atoms with van der Waals surface area (Å²) in [6.45, 7) is 8.41. The van der Waals surface area contributed by atoms with Crippen molar-refractivity contribution in [3.8, 4) is 0 Å². The normalized spacial score (nSPS) is 18.2. The fourth-order valence-corrected chi connectivity index (χ4v) is 2.64. The van der Waals surface area contributed by atoms with Crippen molar-refractivity contribution in [3.05, 3.63) is 35.1 Å². The largest absolute Gasteiger partial charge is 0.314 e. The second-order valence-electron chi connectivity index (χ2n) is 4.71. The Hall–Kier alpha value is -0.640. The SMILES string of the molecule is CC[C@@H](c1cc(F)ccc1C)N1CCNCC1.Cl. The third-order valence-corrected chi connectivity index (χ3v) is 3.58. The Morgan fingerprint density at radius 3 is 2.61 bits per heavy atom. The van der Waals surface area contributed by atoms with E-state index in [1.54, 1.807) is 12.1 Å². The molecule has 1 aromatic rings. The summed E-state index contributed by atoms with van der Waals surface area (Å²) in [6.07, 6.45) is 1.03. The second kappa shape index (κ2) is 7.07. The first-order valence-corrected chi connectivity index (χ1v) is 6.43. The Bertz CT molecular complexity index is 378. The van der Waals surface area contributed by atoms with Gasteiger partial charge in [-0.15, -0.1) is 12.4 Å². The number of nitrogens with one attached hydrogen (secondary N) is 1. The molecule has 0 bridgehead atoms. The van der Waals surface area contributed by atoms with Crippen LogP contribution in [-0.4, -0.2) is 31.1 Å². The van der Waals surface area contributed by atoms with Crippen molar-refractivity contribution in [2.24, 2.45) is 0 Å². The van der Waals surface area contributed by atoms with Gasteiger partial charge in [-0.25, -0.2) is 4.39 Å². The lowest BCUT2D eigenvalue weighted by Crippen LogP contribution is -2.45. The molecule has 2 nitrogen and oxygen atoms in total. The van der Waals surface area contributed by atoms with Gasteiger partial charge in [-0.05, 0) is 36.6 Å². The zero-order chi connectivity index (χ0) is 12.3. The molecule has 0 radical (unpaired) electrons. The molecule has 0 spiro atoms. The summed E-state index contributed by atoms with van der Waals surface area (Å²) < 4.78 is 13.4. The molecule has 1 N–H and O–H groups in total. The minimum absolute atomic E-state index is 0. The van der Waals surface area contributed by atoms with E-state index in [1.165, 1.54) is 5.56 Å². The van der Waals surface area contributed by atoms with Gasteiger partial charge in [-0.1, -0.05) is 13.0 Å². The van der Waals surface area contributed by atoms with Crippen molar-refractivity contribution >= 4 is 12.4 Å². The minimum atomic E-state index is -0.126. The summed E-state index contributed by atoms with van der Waals surface area (Å²) in [5, 5.41) is 3.36. The molecule has 1 atom stereocenters. The number of hydrogen-bond acceptors (Lipinski definition) is 2. The van der Waals surface area contributed by atoms with Crippen molar-refractivity contribution < 1.29 is 4.39 Å². The van der Waals surface area contributed by atoms with E-state index in [9.17, 15) is 4.39 Å². The average molecular weight is 273 g/mol. The molecule has 2 rings (SSSR count). The Morgan fingerprint density at radius 1 is 1.33 bits per heavy atom. The van der Waals surface area contributed by atoms with E-state index < -0.39 is 0 Å². The predicted octanol–water partition coefficient (Wildman–Crippen LogP) is 2.91.